The van der Waals surface area contributed by atoms with Crippen molar-refractivity contribution in [2.24, 2.45) is 11.8 Å². The molecule has 0 aliphatic heterocycles. The molecule has 0 aromatic carbocycles. The average molecular weight is 321 g/mol. The summed E-state index contributed by atoms with van der Waals surface area (Å²) in [6.45, 7) is 4.10. The zero-order valence-corrected chi connectivity index (χ0v) is 14.3. The van der Waals surface area contributed by atoms with Crippen LogP contribution in [0.25, 0.3) is 0 Å². The molecule has 0 radical (unpaired) electrons. The van der Waals surface area contributed by atoms with Crippen molar-refractivity contribution in [1.82, 2.24) is 4.90 Å². The Bertz CT molecular complexity index is 557. The summed E-state index contributed by atoms with van der Waals surface area (Å²) >= 11 is 0. The highest BCUT2D eigenvalue weighted by molar-refractivity contribution is 5.88. The Kier molecular flexibility index (Phi) is 5.85. The highest BCUT2D eigenvalue weighted by Crippen LogP contribution is 2.31. The highest BCUT2D eigenvalue weighted by Gasteiger charge is 2.24. The molecular formula is C18H27NO4. The average Bonchev–Trinajstić information content (AvgIpc) is 2.88. The van der Waals surface area contributed by atoms with E-state index in [-0.39, 0.29) is 11.5 Å². The lowest BCUT2D eigenvalue weighted by Gasteiger charge is -2.28. The van der Waals surface area contributed by atoms with Crippen LogP contribution in [0.3, 0.4) is 0 Å². The minimum absolute atomic E-state index is 0.0917. The third kappa shape index (κ3) is 4.60. The summed E-state index contributed by atoms with van der Waals surface area (Å²) in [4.78, 5) is 25.1. The predicted octanol–water partition coefficient (Wildman–Crippen LogP) is 3.85. The fourth-order valence-corrected chi connectivity index (χ4v) is 3.46. The molecule has 1 aliphatic carbocycles. The summed E-state index contributed by atoms with van der Waals surface area (Å²) < 4.78 is 5.44. The molecule has 1 aromatic heterocycles. The fourth-order valence-electron chi connectivity index (χ4n) is 3.46. The molecule has 0 saturated heterocycles. The van der Waals surface area contributed by atoms with Gasteiger partial charge in [-0.25, -0.2) is 4.79 Å². The SMILES string of the molecule is Cc1oc(CN(C)C(=O)CC(C)C2CCCCC2)cc1C(=O)O. The summed E-state index contributed by atoms with van der Waals surface area (Å²) in [6.07, 6.45) is 6.90. The molecule has 23 heavy (non-hydrogen) atoms. The van der Waals surface area contributed by atoms with Gasteiger partial charge < -0.3 is 14.4 Å². The zero-order chi connectivity index (χ0) is 17.0. The maximum absolute atomic E-state index is 12.4. The van der Waals surface area contributed by atoms with Crippen molar-refractivity contribution in [3.8, 4) is 0 Å². The van der Waals surface area contributed by atoms with Crippen molar-refractivity contribution in [1.29, 1.82) is 0 Å². The van der Waals surface area contributed by atoms with Gasteiger partial charge in [0.05, 0.1) is 6.54 Å². The standard InChI is InChI=1S/C18H27NO4/c1-12(14-7-5-4-6-8-14)9-17(20)19(3)11-15-10-16(18(21)22)13(2)23-15/h10,12,14H,4-9,11H2,1-3H3,(H,21,22). The van der Waals surface area contributed by atoms with Gasteiger partial charge in [0.1, 0.15) is 17.1 Å². The Morgan fingerprint density at radius 2 is 2.00 bits per heavy atom. The summed E-state index contributed by atoms with van der Waals surface area (Å²) in [5.74, 6) is 1.04. The number of aryl methyl sites for hydroxylation is 1. The molecule has 1 N–H and O–H groups in total. The quantitative estimate of drug-likeness (QED) is 0.864. The smallest absolute Gasteiger partial charge is 0.339 e. The number of rotatable bonds is 6. The van der Waals surface area contributed by atoms with E-state index in [9.17, 15) is 9.59 Å². The van der Waals surface area contributed by atoms with Crippen LogP contribution in [0.4, 0.5) is 0 Å². The molecular weight excluding hydrogens is 294 g/mol. The molecule has 1 atom stereocenters. The summed E-state index contributed by atoms with van der Waals surface area (Å²) in [7, 11) is 1.74. The van der Waals surface area contributed by atoms with E-state index in [1.165, 1.54) is 38.2 Å². The molecule has 1 amide bonds. The Hall–Kier alpha value is -1.78. The Balaban J connectivity index is 1.89. The Morgan fingerprint density at radius 1 is 1.35 bits per heavy atom. The molecule has 1 aromatic rings. The maximum Gasteiger partial charge on any atom is 0.339 e. The molecule has 128 valence electrons. The van der Waals surface area contributed by atoms with Crippen LogP contribution in [0, 0.1) is 18.8 Å². The highest BCUT2D eigenvalue weighted by atomic mass is 16.4. The number of carboxylic acid groups (broad SMARTS) is 1. The van der Waals surface area contributed by atoms with Crippen LogP contribution in [-0.4, -0.2) is 28.9 Å². The van der Waals surface area contributed by atoms with E-state index in [0.29, 0.717) is 36.3 Å². The third-order valence-electron chi connectivity index (χ3n) is 4.97. The zero-order valence-electron chi connectivity index (χ0n) is 14.3. The normalized spacial score (nSPS) is 17.0. The summed E-state index contributed by atoms with van der Waals surface area (Å²) in [5, 5.41) is 9.04. The first-order valence-corrected chi connectivity index (χ1v) is 8.45. The van der Waals surface area contributed by atoms with Gasteiger partial charge in [0, 0.05) is 13.5 Å². The van der Waals surface area contributed by atoms with Gasteiger partial charge in [-0.3, -0.25) is 4.79 Å². The van der Waals surface area contributed by atoms with E-state index in [4.69, 9.17) is 9.52 Å². The van der Waals surface area contributed by atoms with E-state index in [1.807, 2.05) is 0 Å². The number of aromatic carboxylic acids is 1. The molecule has 0 bridgehead atoms. The third-order valence-corrected chi connectivity index (χ3v) is 4.97. The number of carbonyl (C=O) groups is 2. The van der Waals surface area contributed by atoms with Gasteiger partial charge >= 0.3 is 5.97 Å². The summed E-state index contributed by atoms with van der Waals surface area (Å²) in [5.41, 5.74) is 0.163. The predicted molar refractivity (Wildman–Crippen MR) is 87.2 cm³/mol. The first-order valence-electron chi connectivity index (χ1n) is 8.45. The van der Waals surface area contributed by atoms with Crippen LogP contribution in [0.5, 0.6) is 0 Å². The van der Waals surface area contributed by atoms with Crippen LogP contribution in [0.15, 0.2) is 10.5 Å². The molecule has 0 spiro atoms. The van der Waals surface area contributed by atoms with Crippen LogP contribution in [0.2, 0.25) is 0 Å². The molecule has 5 nitrogen and oxygen atoms in total. The fraction of sp³-hybridized carbons (Fsp3) is 0.667. The molecule has 1 aliphatic rings. The second kappa shape index (κ2) is 7.66. The Morgan fingerprint density at radius 3 is 2.57 bits per heavy atom. The number of nitrogens with zero attached hydrogens (tertiary/aromatic N) is 1. The van der Waals surface area contributed by atoms with E-state index in [1.54, 1.807) is 18.9 Å². The second-order valence-electron chi connectivity index (χ2n) is 6.82. The van der Waals surface area contributed by atoms with Crippen LogP contribution in [0.1, 0.15) is 67.3 Å². The minimum Gasteiger partial charge on any atom is -0.478 e. The van der Waals surface area contributed by atoms with Crippen molar-refractivity contribution in [2.75, 3.05) is 7.05 Å². The van der Waals surface area contributed by atoms with Gasteiger partial charge in [-0.15, -0.1) is 0 Å². The van der Waals surface area contributed by atoms with E-state index in [2.05, 4.69) is 6.92 Å². The van der Waals surface area contributed by atoms with Crippen LogP contribution < -0.4 is 0 Å². The second-order valence-corrected chi connectivity index (χ2v) is 6.82. The van der Waals surface area contributed by atoms with E-state index in [0.717, 1.165) is 0 Å². The number of amides is 1. The number of hydrogen-bond acceptors (Lipinski definition) is 3. The van der Waals surface area contributed by atoms with Crippen molar-refractivity contribution in [3.63, 3.8) is 0 Å². The van der Waals surface area contributed by atoms with Crippen molar-refractivity contribution < 1.29 is 19.1 Å². The van der Waals surface area contributed by atoms with Crippen LogP contribution in [-0.2, 0) is 11.3 Å². The first-order chi connectivity index (χ1) is 10.9. The molecule has 1 saturated carbocycles. The molecule has 1 unspecified atom stereocenters. The van der Waals surface area contributed by atoms with Gasteiger partial charge in [0.2, 0.25) is 5.91 Å². The molecule has 1 heterocycles. The first kappa shape index (κ1) is 17.6. The lowest BCUT2D eigenvalue weighted by atomic mass is 9.79. The number of carboxylic acids is 1. The van der Waals surface area contributed by atoms with Gasteiger partial charge in [-0.1, -0.05) is 39.0 Å². The lowest BCUT2D eigenvalue weighted by molar-refractivity contribution is -0.132. The Labute approximate surface area is 137 Å². The van der Waals surface area contributed by atoms with Gasteiger partial charge in [-0.2, -0.15) is 0 Å². The molecule has 5 heteroatoms. The summed E-state index contributed by atoms with van der Waals surface area (Å²) in [6, 6.07) is 1.51. The lowest BCUT2D eigenvalue weighted by Crippen LogP contribution is -2.29. The molecule has 1 fully saturated rings. The minimum atomic E-state index is -1.00. The number of carbonyl (C=O) groups excluding carboxylic acids is 1. The van der Waals surface area contributed by atoms with Gasteiger partial charge in [0.15, 0.2) is 0 Å². The maximum atomic E-state index is 12.4. The van der Waals surface area contributed by atoms with E-state index >= 15 is 0 Å². The van der Waals surface area contributed by atoms with Crippen molar-refractivity contribution in [2.45, 2.75) is 58.9 Å². The topological polar surface area (TPSA) is 70.8 Å². The monoisotopic (exact) mass is 321 g/mol. The largest absolute Gasteiger partial charge is 0.478 e. The molecule has 2 rings (SSSR count). The number of hydrogen-bond donors (Lipinski definition) is 1. The van der Waals surface area contributed by atoms with Gasteiger partial charge in [-0.05, 0) is 24.8 Å². The van der Waals surface area contributed by atoms with Crippen molar-refractivity contribution >= 4 is 11.9 Å². The van der Waals surface area contributed by atoms with E-state index < -0.39 is 5.97 Å². The van der Waals surface area contributed by atoms with Crippen molar-refractivity contribution in [3.05, 3.63) is 23.2 Å². The van der Waals surface area contributed by atoms with Gasteiger partial charge in [0.25, 0.3) is 0 Å². The number of furan rings is 1. The van der Waals surface area contributed by atoms with Crippen LogP contribution >= 0.6 is 0 Å².